The van der Waals surface area contributed by atoms with Crippen LogP contribution in [-0.2, 0) is 22.6 Å². The van der Waals surface area contributed by atoms with Gasteiger partial charge in [0, 0.05) is 12.0 Å². The van der Waals surface area contributed by atoms with Crippen LogP contribution in [-0.4, -0.2) is 17.0 Å². The molecule has 0 atom stereocenters. The second-order valence-electron chi connectivity index (χ2n) is 5.43. The summed E-state index contributed by atoms with van der Waals surface area (Å²) in [6.07, 6.45) is 0.00158. The highest BCUT2D eigenvalue weighted by Gasteiger charge is 2.14. The highest BCUT2D eigenvalue weighted by Crippen LogP contribution is 2.35. The molecule has 0 spiro atoms. The third kappa shape index (κ3) is 5.09. The number of benzene rings is 2. The van der Waals surface area contributed by atoms with Crippen LogP contribution in [0.15, 0.2) is 30.3 Å². The number of nitrogens with one attached hydrogen (secondary N) is 1. The number of amides is 1. The molecule has 0 saturated carbocycles. The van der Waals surface area contributed by atoms with Gasteiger partial charge in [0.15, 0.2) is 11.6 Å². The van der Waals surface area contributed by atoms with Gasteiger partial charge in [0.05, 0.1) is 22.2 Å². The highest BCUT2D eigenvalue weighted by atomic mass is 35.5. The predicted octanol–water partition coefficient (Wildman–Crippen LogP) is 4.69. The van der Waals surface area contributed by atoms with Crippen LogP contribution in [0.5, 0.6) is 5.75 Å². The van der Waals surface area contributed by atoms with Crippen molar-refractivity contribution in [1.82, 2.24) is 0 Å². The van der Waals surface area contributed by atoms with E-state index in [1.165, 1.54) is 24.3 Å². The van der Waals surface area contributed by atoms with Gasteiger partial charge in [-0.05, 0) is 23.8 Å². The molecule has 0 aliphatic rings. The molecule has 2 N–H and O–H groups in total. The number of anilines is 1. The molecule has 0 aliphatic heterocycles. The SMILES string of the molecule is CCC(=O)Nc1cccc(COc2c(Cl)cc(CC(=O)O)cc2Cl)c1F. The van der Waals surface area contributed by atoms with E-state index in [2.05, 4.69) is 5.32 Å². The highest BCUT2D eigenvalue weighted by molar-refractivity contribution is 6.37. The smallest absolute Gasteiger partial charge is 0.307 e. The van der Waals surface area contributed by atoms with E-state index in [-0.39, 0.29) is 52.4 Å². The van der Waals surface area contributed by atoms with E-state index in [0.29, 0.717) is 5.56 Å². The Balaban J connectivity index is 2.17. The zero-order valence-electron chi connectivity index (χ0n) is 13.8. The molecule has 2 rings (SSSR count). The van der Waals surface area contributed by atoms with E-state index >= 15 is 0 Å². The molecule has 0 aliphatic carbocycles. The topological polar surface area (TPSA) is 75.6 Å². The van der Waals surface area contributed by atoms with Crippen molar-refractivity contribution in [3.8, 4) is 5.75 Å². The van der Waals surface area contributed by atoms with E-state index in [9.17, 15) is 14.0 Å². The first-order chi connectivity index (χ1) is 12.3. The molecule has 0 fully saturated rings. The summed E-state index contributed by atoms with van der Waals surface area (Å²) in [7, 11) is 0. The van der Waals surface area contributed by atoms with Gasteiger partial charge in [-0.25, -0.2) is 4.39 Å². The summed E-state index contributed by atoms with van der Waals surface area (Å²) in [6.45, 7) is 1.50. The molecule has 0 saturated heterocycles. The van der Waals surface area contributed by atoms with Crippen LogP contribution in [0.2, 0.25) is 10.0 Å². The minimum Gasteiger partial charge on any atom is -0.486 e. The predicted molar refractivity (Wildman–Crippen MR) is 97.5 cm³/mol. The average Bonchev–Trinajstić information content (AvgIpc) is 2.56. The number of halogens is 3. The molecule has 2 aromatic carbocycles. The molecule has 138 valence electrons. The first-order valence-electron chi connectivity index (χ1n) is 7.71. The third-order valence-corrected chi connectivity index (χ3v) is 4.02. The molecule has 0 heterocycles. The van der Waals surface area contributed by atoms with E-state index in [1.807, 2.05) is 0 Å². The van der Waals surface area contributed by atoms with Crippen LogP contribution >= 0.6 is 23.2 Å². The fraction of sp³-hybridized carbons (Fsp3) is 0.222. The lowest BCUT2D eigenvalue weighted by molar-refractivity contribution is -0.136. The van der Waals surface area contributed by atoms with Crippen molar-refractivity contribution in [3.63, 3.8) is 0 Å². The number of carboxylic acid groups (broad SMARTS) is 1. The molecular formula is C18H16Cl2FNO4. The number of hydrogen-bond donors (Lipinski definition) is 2. The fourth-order valence-electron chi connectivity index (χ4n) is 2.20. The molecule has 1 amide bonds. The van der Waals surface area contributed by atoms with Gasteiger partial charge >= 0.3 is 5.97 Å². The Bertz CT molecular complexity index is 819. The summed E-state index contributed by atoms with van der Waals surface area (Å²) in [4.78, 5) is 22.2. The minimum atomic E-state index is -1.01. The van der Waals surface area contributed by atoms with Gasteiger partial charge in [-0.3, -0.25) is 9.59 Å². The Labute approximate surface area is 159 Å². The van der Waals surface area contributed by atoms with Gasteiger partial charge in [0.2, 0.25) is 5.91 Å². The number of carbonyl (C=O) groups excluding carboxylic acids is 1. The summed E-state index contributed by atoms with van der Waals surface area (Å²) in [6, 6.07) is 7.42. The van der Waals surface area contributed by atoms with Gasteiger partial charge in [-0.2, -0.15) is 0 Å². The lowest BCUT2D eigenvalue weighted by Gasteiger charge is -2.13. The molecule has 2 aromatic rings. The van der Waals surface area contributed by atoms with Crippen molar-refractivity contribution >= 4 is 40.8 Å². The second-order valence-corrected chi connectivity index (χ2v) is 6.24. The summed E-state index contributed by atoms with van der Waals surface area (Å²) >= 11 is 12.2. The van der Waals surface area contributed by atoms with Crippen molar-refractivity contribution in [2.45, 2.75) is 26.4 Å². The number of ether oxygens (including phenoxy) is 1. The number of carboxylic acids is 1. The normalized spacial score (nSPS) is 10.5. The molecule has 0 unspecified atom stereocenters. The number of aliphatic carboxylic acids is 1. The summed E-state index contributed by atoms with van der Waals surface area (Å²) in [5.41, 5.74) is 0.697. The van der Waals surface area contributed by atoms with Crippen molar-refractivity contribution < 1.29 is 23.8 Å². The Hall–Kier alpha value is -2.31. The minimum absolute atomic E-state index is 0.0620. The average molecular weight is 400 g/mol. The van der Waals surface area contributed by atoms with Crippen LogP contribution in [0.1, 0.15) is 24.5 Å². The molecule has 26 heavy (non-hydrogen) atoms. The number of rotatable bonds is 7. The van der Waals surface area contributed by atoms with Gasteiger partial charge in [-0.15, -0.1) is 0 Å². The Morgan fingerprint density at radius 1 is 1.23 bits per heavy atom. The molecule has 0 radical (unpaired) electrons. The van der Waals surface area contributed by atoms with Gasteiger partial charge in [0.25, 0.3) is 0 Å². The standard InChI is InChI=1S/C18H16Cl2FNO4/c1-2-15(23)22-14-5-3-4-11(17(14)21)9-26-18-12(19)6-10(7-13(18)20)8-16(24)25/h3-7H,2,8-9H2,1H3,(H,22,23)(H,24,25). The summed E-state index contributed by atoms with van der Waals surface area (Å²) in [5, 5.41) is 11.5. The second kappa shape index (κ2) is 8.87. The van der Waals surface area contributed by atoms with E-state index in [1.54, 1.807) is 13.0 Å². The first kappa shape index (κ1) is 20.0. The van der Waals surface area contributed by atoms with Gasteiger partial charge < -0.3 is 15.2 Å². The zero-order chi connectivity index (χ0) is 19.3. The van der Waals surface area contributed by atoms with Gasteiger partial charge in [-0.1, -0.05) is 42.3 Å². The molecular weight excluding hydrogens is 384 g/mol. The van der Waals surface area contributed by atoms with Crippen LogP contribution in [0.3, 0.4) is 0 Å². The van der Waals surface area contributed by atoms with E-state index in [0.717, 1.165) is 0 Å². The molecule has 5 nitrogen and oxygen atoms in total. The largest absolute Gasteiger partial charge is 0.486 e. The van der Waals surface area contributed by atoms with Crippen LogP contribution in [0, 0.1) is 5.82 Å². The van der Waals surface area contributed by atoms with E-state index in [4.69, 9.17) is 33.0 Å². The van der Waals surface area contributed by atoms with Crippen molar-refractivity contribution in [3.05, 3.63) is 57.3 Å². The molecule has 0 aromatic heterocycles. The first-order valence-corrected chi connectivity index (χ1v) is 8.47. The zero-order valence-corrected chi connectivity index (χ0v) is 15.3. The maximum absolute atomic E-state index is 14.5. The van der Waals surface area contributed by atoms with Crippen molar-refractivity contribution in [1.29, 1.82) is 0 Å². The quantitative estimate of drug-likeness (QED) is 0.707. The third-order valence-electron chi connectivity index (χ3n) is 3.46. The van der Waals surface area contributed by atoms with Gasteiger partial charge in [0.1, 0.15) is 6.61 Å². The summed E-state index contributed by atoms with van der Waals surface area (Å²) in [5.74, 6) is -1.80. The molecule has 8 heteroatoms. The maximum atomic E-state index is 14.5. The Kier molecular flexibility index (Phi) is 6.83. The lowest BCUT2D eigenvalue weighted by atomic mass is 10.1. The summed E-state index contributed by atoms with van der Waals surface area (Å²) < 4.78 is 20.0. The van der Waals surface area contributed by atoms with Crippen LogP contribution in [0.4, 0.5) is 10.1 Å². The Morgan fingerprint density at radius 2 is 1.88 bits per heavy atom. The molecule has 0 bridgehead atoms. The van der Waals surface area contributed by atoms with Crippen LogP contribution in [0.25, 0.3) is 0 Å². The lowest BCUT2D eigenvalue weighted by Crippen LogP contribution is -2.12. The monoisotopic (exact) mass is 399 g/mol. The van der Waals surface area contributed by atoms with E-state index < -0.39 is 11.8 Å². The maximum Gasteiger partial charge on any atom is 0.307 e. The Morgan fingerprint density at radius 3 is 2.46 bits per heavy atom. The fourth-order valence-corrected chi connectivity index (χ4v) is 2.84. The number of hydrogen-bond acceptors (Lipinski definition) is 3. The van der Waals surface area contributed by atoms with Crippen molar-refractivity contribution in [2.75, 3.05) is 5.32 Å². The van der Waals surface area contributed by atoms with Crippen LogP contribution < -0.4 is 10.1 Å². The number of carbonyl (C=O) groups is 2. The van der Waals surface area contributed by atoms with Crippen molar-refractivity contribution in [2.24, 2.45) is 0 Å².